The van der Waals surface area contributed by atoms with Crippen LogP contribution in [0.2, 0.25) is 0 Å². The second kappa shape index (κ2) is 11.0. The third-order valence-electron chi connectivity index (χ3n) is 8.18. The maximum absolute atomic E-state index is 12.8. The molecule has 8 nitrogen and oxygen atoms in total. The zero-order chi connectivity index (χ0) is 27.6. The fourth-order valence-electron chi connectivity index (χ4n) is 6.15. The number of rotatable bonds is 8. The topological polar surface area (TPSA) is 96.0 Å². The summed E-state index contributed by atoms with van der Waals surface area (Å²) in [6, 6.07) is 20.7. The van der Waals surface area contributed by atoms with Gasteiger partial charge < -0.3 is 14.4 Å². The van der Waals surface area contributed by atoms with E-state index in [1.807, 2.05) is 60.7 Å². The van der Waals surface area contributed by atoms with Crippen molar-refractivity contribution in [1.82, 2.24) is 9.47 Å². The van der Waals surface area contributed by atoms with Crippen LogP contribution in [0.3, 0.4) is 0 Å². The molecule has 0 saturated carbocycles. The van der Waals surface area contributed by atoms with Gasteiger partial charge in [0.25, 0.3) is 0 Å². The van der Waals surface area contributed by atoms with Crippen molar-refractivity contribution in [3.05, 3.63) is 94.5 Å². The van der Waals surface area contributed by atoms with Gasteiger partial charge in [0, 0.05) is 24.2 Å². The molecule has 1 N–H and O–H groups in total. The molecule has 3 aliphatic rings. The van der Waals surface area contributed by atoms with Gasteiger partial charge in [0.15, 0.2) is 5.58 Å². The third kappa shape index (κ3) is 4.98. The van der Waals surface area contributed by atoms with E-state index in [1.54, 1.807) is 27.7 Å². The smallest absolute Gasteiger partial charge is 0.419 e. The number of hydrogen-bond donors (Lipinski definition) is 1. The number of anilines is 1. The number of carbonyl (C=O) groups excluding carboxylic acids is 1. The number of hydrogen-bond acceptors (Lipinski definition) is 5. The second-order valence-electron chi connectivity index (χ2n) is 10.6. The van der Waals surface area contributed by atoms with E-state index in [0.29, 0.717) is 41.2 Å². The monoisotopic (exact) mass is 537 g/mol. The molecular weight excluding hydrogens is 506 g/mol. The summed E-state index contributed by atoms with van der Waals surface area (Å²) < 4.78 is 6.87. The van der Waals surface area contributed by atoms with Crippen LogP contribution >= 0.6 is 0 Å². The molecule has 2 bridgehead atoms. The molecule has 1 aromatic heterocycles. The first-order valence-corrected chi connectivity index (χ1v) is 13.7. The summed E-state index contributed by atoms with van der Waals surface area (Å²) in [6.07, 6.45) is 6.35. The summed E-state index contributed by atoms with van der Waals surface area (Å²) in [5.41, 5.74) is 4.95. The van der Waals surface area contributed by atoms with E-state index in [4.69, 9.17) is 4.42 Å². The lowest BCUT2D eigenvalue weighted by Gasteiger charge is -2.48. The number of piperidine rings is 3. The molecule has 4 aromatic rings. The standard InChI is InChI=1S/C32H31N3O5/c36-21-23-10-12-27-30(19-23)40-32(39)34(27)15-5-4-6-22-9-11-26(24-7-2-1-3-8-24)28(18-22)35(31(37)38)29-20-33-16-13-25(29)14-17-33/h1-4,6-12,18-19,21,25,29H,5,13-17,20H2,(H,37,38). The van der Waals surface area contributed by atoms with Gasteiger partial charge in [0.1, 0.15) is 6.29 Å². The zero-order valence-electron chi connectivity index (χ0n) is 22.1. The zero-order valence-corrected chi connectivity index (χ0v) is 22.1. The Kier molecular flexibility index (Phi) is 7.09. The predicted molar refractivity (Wildman–Crippen MR) is 155 cm³/mol. The number of fused-ring (bicyclic) bond motifs is 4. The van der Waals surface area contributed by atoms with Crippen LogP contribution in [0.15, 0.2) is 82.0 Å². The van der Waals surface area contributed by atoms with Crippen molar-refractivity contribution < 1.29 is 19.1 Å². The molecule has 204 valence electrons. The fraction of sp³-hybridized carbons (Fsp3) is 0.281. The molecule has 1 amide bonds. The average molecular weight is 538 g/mol. The van der Waals surface area contributed by atoms with E-state index in [1.165, 1.54) is 0 Å². The van der Waals surface area contributed by atoms with Crippen molar-refractivity contribution in [2.75, 3.05) is 24.5 Å². The highest BCUT2D eigenvalue weighted by Crippen LogP contribution is 2.39. The third-order valence-corrected chi connectivity index (χ3v) is 8.18. The largest absolute Gasteiger partial charge is 0.465 e. The molecule has 1 unspecified atom stereocenters. The lowest BCUT2D eigenvalue weighted by molar-refractivity contribution is 0.0838. The van der Waals surface area contributed by atoms with Crippen LogP contribution in [0.25, 0.3) is 28.3 Å². The molecule has 1 atom stereocenters. The normalized spacial score (nSPS) is 20.2. The first-order chi connectivity index (χ1) is 19.5. The molecule has 40 heavy (non-hydrogen) atoms. The Balaban J connectivity index is 1.29. The van der Waals surface area contributed by atoms with E-state index in [0.717, 1.165) is 55.5 Å². The van der Waals surface area contributed by atoms with E-state index < -0.39 is 11.8 Å². The predicted octanol–water partition coefficient (Wildman–Crippen LogP) is 5.76. The Bertz CT molecular complexity index is 1630. The van der Waals surface area contributed by atoms with Crippen molar-refractivity contribution in [1.29, 1.82) is 0 Å². The number of carboxylic acid groups (broad SMARTS) is 1. The molecule has 8 heteroatoms. The van der Waals surface area contributed by atoms with Gasteiger partial charge in [0.2, 0.25) is 0 Å². The minimum Gasteiger partial charge on any atom is -0.465 e. The van der Waals surface area contributed by atoms with Crippen LogP contribution in [0.5, 0.6) is 0 Å². The Morgan fingerprint density at radius 1 is 1.02 bits per heavy atom. The molecule has 0 spiro atoms. The van der Waals surface area contributed by atoms with E-state index in [9.17, 15) is 19.5 Å². The summed E-state index contributed by atoms with van der Waals surface area (Å²) >= 11 is 0. The Hall–Kier alpha value is -4.43. The SMILES string of the molecule is O=Cc1ccc2c(c1)oc(=O)n2CCC=Cc1ccc(-c2ccccc2)c(N(C(=O)O)C2CN3CCC2CC3)c1. The first-order valence-electron chi connectivity index (χ1n) is 13.7. The van der Waals surface area contributed by atoms with Crippen LogP contribution in [0.1, 0.15) is 35.2 Å². The minimum absolute atomic E-state index is 0.0809. The number of allylic oxidation sites excluding steroid dienone is 1. The van der Waals surface area contributed by atoms with Gasteiger partial charge in [-0.15, -0.1) is 0 Å². The summed E-state index contributed by atoms with van der Waals surface area (Å²) in [4.78, 5) is 40.2. The summed E-state index contributed by atoms with van der Waals surface area (Å²) in [5.74, 6) is -0.106. The number of amides is 1. The lowest BCUT2D eigenvalue weighted by Crippen LogP contribution is -2.59. The van der Waals surface area contributed by atoms with Crippen molar-refractivity contribution in [3.63, 3.8) is 0 Å². The van der Waals surface area contributed by atoms with Gasteiger partial charge in [-0.25, -0.2) is 9.59 Å². The van der Waals surface area contributed by atoms with Crippen LogP contribution in [-0.4, -0.2) is 52.6 Å². The number of benzene rings is 3. The first kappa shape index (κ1) is 25.8. The van der Waals surface area contributed by atoms with Gasteiger partial charge in [0.05, 0.1) is 17.2 Å². The molecule has 3 aromatic carbocycles. The summed E-state index contributed by atoms with van der Waals surface area (Å²) in [7, 11) is 0. The Labute approximate surface area is 231 Å². The van der Waals surface area contributed by atoms with Crippen LogP contribution in [0.4, 0.5) is 10.5 Å². The van der Waals surface area contributed by atoms with Crippen molar-refractivity contribution in [3.8, 4) is 11.1 Å². The van der Waals surface area contributed by atoms with E-state index in [-0.39, 0.29) is 6.04 Å². The second-order valence-corrected chi connectivity index (χ2v) is 10.6. The highest BCUT2D eigenvalue weighted by atomic mass is 16.4. The molecular formula is C32H31N3O5. The minimum atomic E-state index is -0.930. The summed E-state index contributed by atoms with van der Waals surface area (Å²) in [5, 5.41) is 10.5. The van der Waals surface area contributed by atoms with Gasteiger partial charge in [-0.3, -0.25) is 14.3 Å². The van der Waals surface area contributed by atoms with Gasteiger partial charge >= 0.3 is 11.8 Å². The van der Waals surface area contributed by atoms with Crippen LogP contribution in [-0.2, 0) is 6.54 Å². The number of oxazole rings is 1. The molecule has 4 heterocycles. The average Bonchev–Trinajstić information content (AvgIpc) is 3.30. The molecule has 3 fully saturated rings. The number of nitrogens with zero attached hydrogens (tertiary/aromatic N) is 3. The van der Waals surface area contributed by atoms with Gasteiger partial charge in [-0.1, -0.05) is 54.6 Å². The van der Waals surface area contributed by atoms with Gasteiger partial charge in [-0.05, 0) is 73.7 Å². The number of aryl methyl sites for hydroxylation is 1. The summed E-state index contributed by atoms with van der Waals surface area (Å²) in [6.45, 7) is 3.25. The Morgan fingerprint density at radius 3 is 2.50 bits per heavy atom. The maximum atomic E-state index is 12.8. The van der Waals surface area contributed by atoms with Crippen molar-refractivity contribution in [2.24, 2.45) is 5.92 Å². The quantitative estimate of drug-likeness (QED) is 0.287. The van der Waals surface area contributed by atoms with Gasteiger partial charge in [-0.2, -0.15) is 0 Å². The van der Waals surface area contributed by atoms with Crippen molar-refractivity contribution >= 4 is 35.2 Å². The highest BCUT2D eigenvalue weighted by molar-refractivity contribution is 5.94. The molecule has 3 saturated heterocycles. The molecule has 0 radical (unpaired) electrons. The number of carbonyl (C=O) groups is 2. The van der Waals surface area contributed by atoms with Crippen molar-refractivity contribution in [2.45, 2.75) is 31.8 Å². The highest BCUT2D eigenvalue weighted by Gasteiger charge is 2.40. The maximum Gasteiger partial charge on any atom is 0.419 e. The van der Waals surface area contributed by atoms with E-state index in [2.05, 4.69) is 4.90 Å². The molecule has 3 aliphatic heterocycles. The lowest BCUT2D eigenvalue weighted by atomic mass is 9.82. The molecule has 7 rings (SSSR count). The van der Waals surface area contributed by atoms with Crippen LogP contribution in [0, 0.1) is 5.92 Å². The number of aromatic nitrogens is 1. The number of aldehydes is 1. The van der Waals surface area contributed by atoms with Crippen LogP contribution < -0.4 is 10.7 Å². The molecule has 0 aliphatic carbocycles. The Morgan fingerprint density at radius 2 is 1.80 bits per heavy atom. The fourth-order valence-corrected chi connectivity index (χ4v) is 6.15. The van der Waals surface area contributed by atoms with E-state index >= 15 is 0 Å².